The van der Waals surface area contributed by atoms with E-state index in [4.69, 9.17) is 5.10 Å². The summed E-state index contributed by atoms with van der Waals surface area (Å²) in [5.41, 5.74) is 9.21. The van der Waals surface area contributed by atoms with E-state index in [0.29, 0.717) is 0 Å². The minimum atomic E-state index is 0.833. The molecule has 4 rings (SSSR count). The highest BCUT2D eigenvalue weighted by Gasteiger charge is 2.26. The van der Waals surface area contributed by atoms with Crippen LogP contribution in [0.1, 0.15) is 30.5 Å². The number of hydrogen-bond donors (Lipinski definition) is 1. The number of rotatable bonds is 5. The second-order valence-corrected chi connectivity index (χ2v) is 6.57. The summed E-state index contributed by atoms with van der Waals surface area (Å²) in [5, 5.41) is 8.83. The summed E-state index contributed by atoms with van der Waals surface area (Å²) in [4.78, 5) is 0. The molecule has 1 aliphatic rings. The molecular weight excluding hydrogens is 332 g/mol. The van der Waals surface area contributed by atoms with Crippen LogP contribution < -0.4 is 15.7 Å². The Bertz CT molecular complexity index is 949. The third-order valence-corrected chi connectivity index (χ3v) is 4.76. The van der Waals surface area contributed by atoms with Gasteiger partial charge in [-0.15, -0.1) is 5.10 Å². The number of hydrazone groups is 1. The van der Waals surface area contributed by atoms with Gasteiger partial charge >= 0.3 is 0 Å². The zero-order valence-corrected chi connectivity index (χ0v) is 15.8. The standard InChI is InChI=1S/C23H24N4/c1-3-18-10-8-14-21(16-18)26-24-23(20-12-6-5-7-13-20)25-27(26)22-15-9-11-19(4-2)17-22/h5-17H,3-4H2,1-2H3,(H,24,25). The first kappa shape index (κ1) is 17.2. The average Bonchev–Trinajstić information content (AvgIpc) is 3.20. The zero-order chi connectivity index (χ0) is 18.6. The summed E-state index contributed by atoms with van der Waals surface area (Å²) >= 11 is 0. The fraction of sp³-hybridized carbons (Fsp3) is 0.174. The predicted octanol–water partition coefficient (Wildman–Crippen LogP) is 4.92. The van der Waals surface area contributed by atoms with Gasteiger partial charge in [0.05, 0.1) is 11.4 Å². The molecule has 1 heterocycles. The molecule has 0 atom stereocenters. The summed E-state index contributed by atoms with van der Waals surface area (Å²) in [5.74, 6) is 0.833. The molecule has 4 heteroatoms. The lowest BCUT2D eigenvalue weighted by Gasteiger charge is -2.28. The molecule has 1 N–H and O–H groups in total. The summed E-state index contributed by atoms with van der Waals surface area (Å²) in [6, 6.07) is 27.3. The number of aryl methyl sites for hydroxylation is 2. The fourth-order valence-corrected chi connectivity index (χ4v) is 3.18. The summed E-state index contributed by atoms with van der Waals surface area (Å²) in [6.45, 7) is 4.34. The first-order valence-corrected chi connectivity index (χ1v) is 9.47. The van der Waals surface area contributed by atoms with Crippen LogP contribution in [0.3, 0.4) is 0 Å². The minimum Gasteiger partial charge on any atom is -0.259 e. The molecule has 0 saturated heterocycles. The van der Waals surface area contributed by atoms with Crippen molar-refractivity contribution in [1.82, 2.24) is 5.43 Å². The smallest absolute Gasteiger partial charge is 0.176 e. The van der Waals surface area contributed by atoms with Crippen molar-refractivity contribution in [3.8, 4) is 0 Å². The van der Waals surface area contributed by atoms with Gasteiger partial charge < -0.3 is 0 Å². The lowest BCUT2D eigenvalue weighted by Crippen LogP contribution is -2.44. The van der Waals surface area contributed by atoms with Crippen molar-refractivity contribution in [1.29, 1.82) is 0 Å². The lowest BCUT2D eigenvalue weighted by atomic mass is 10.1. The highest BCUT2D eigenvalue weighted by Crippen LogP contribution is 2.27. The number of hydrogen-bond acceptors (Lipinski definition) is 4. The number of benzene rings is 3. The van der Waals surface area contributed by atoms with Crippen LogP contribution in [-0.4, -0.2) is 5.84 Å². The van der Waals surface area contributed by atoms with Gasteiger partial charge in [-0.1, -0.05) is 68.4 Å². The van der Waals surface area contributed by atoms with Crippen molar-refractivity contribution in [2.75, 3.05) is 10.2 Å². The summed E-state index contributed by atoms with van der Waals surface area (Å²) < 4.78 is 0. The van der Waals surface area contributed by atoms with Crippen LogP contribution in [-0.2, 0) is 12.8 Å². The minimum absolute atomic E-state index is 0.833. The molecule has 0 amide bonds. The first-order chi connectivity index (χ1) is 13.3. The maximum absolute atomic E-state index is 4.88. The van der Waals surface area contributed by atoms with Crippen molar-refractivity contribution < 1.29 is 0 Å². The Morgan fingerprint density at radius 3 is 2.04 bits per heavy atom. The van der Waals surface area contributed by atoms with E-state index in [1.54, 1.807) is 0 Å². The molecule has 0 aliphatic carbocycles. The van der Waals surface area contributed by atoms with E-state index in [2.05, 4.69) is 79.9 Å². The van der Waals surface area contributed by atoms with Crippen LogP contribution in [0.15, 0.2) is 84.0 Å². The predicted molar refractivity (Wildman–Crippen MR) is 113 cm³/mol. The summed E-state index contributed by atoms with van der Waals surface area (Å²) in [6.07, 6.45) is 2.00. The monoisotopic (exact) mass is 356 g/mol. The number of hydrazine groups is 2. The van der Waals surface area contributed by atoms with Gasteiger partial charge in [-0.3, -0.25) is 5.43 Å². The Kier molecular flexibility index (Phi) is 4.79. The largest absolute Gasteiger partial charge is 0.259 e. The molecule has 0 aromatic heterocycles. The van der Waals surface area contributed by atoms with Crippen LogP contribution in [0.4, 0.5) is 11.4 Å². The van der Waals surface area contributed by atoms with E-state index in [9.17, 15) is 0 Å². The average molecular weight is 356 g/mol. The lowest BCUT2D eigenvalue weighted by molar-refractivity contribution is 0.769. The van der Waals surface area contributed by atoms with Crippen LogP contribution in [0.5, 0.6) is 0 Å². The van der Waals surface area contributed by atoms with Gasteiger partial charge in [0.25, 0.3) is 0 Å². The van der Waals surface area contributed by atoms with Gasteiger partial charge in [0.2, 0.25) is 0 Å². The molecule has 0 radical (unpaired) electrons. The Labute approximate surface area is 160 Å². The van der Waals surface area contributed by atoms with Crippen LogP contribution in [0.25, 0.3) is 0 Å². The molecule has 27 heavy (non-hydrogen) atoms. The topological polar surface area (TPSA) is 30.9 Å². The zero-order valence-electron chi connectivity index (χ0n) is 15.8. The highest BCUT2D eigenvalue weighted by atomic mass is 15.9. The Balaban J connectivity index is 1.76. The third-order valence-electron chi connectivity index (χ3n) is 4.76. The van der Waals surface area contributed by atoms with E-state index in [0.717, 1.165) is 35.6 Å². The quantitative estimate of drug-likeness (QED) is 0.704. The van der Waals surface area contributed by atoms with Crippen molar-refractivity contribution in [3.63, 3.8) is 0 Å². The molecule has 0 saturated carbocycles. The van der Waals surface area contributed by atoms with Gasteiger partial charge in [-0.25, -0.2) is 0 Å². The molecule has 0 bridgehead atoms. The van der Waals surface area contributed by atoms with Gasteiger partial charge in [0.15, 0.2) is 5.84 Å². The molecular formula is C23H24N4. The van der Waals surface area contributed by atoms with Crippen LogP contribution in [0.2, 0.25) is 0 Å². The van der Waals surface area contributed by atoms with Gasteiger partial charge in [-0.05, 0) is 48.2 Å². The molecule has 3 aromatic rings. The molecule has 136 valence electrons. The maximum atomic E-state index is 4.88. The Morgan fingerprint density at radius 1 is 0.741 bits per heavy atom. The Morgan fingerprint density at radius 2 is 1.37 bits per heavy atom. The molecule has 1 aliphatic heterocycles. The number of nitrogens with zero attached hydrogens (tertiary/aromatic N) is 3. The molecule has 3 aromatic carbocycles. The number of anilines is 2. The molecule has 0 unspecified atom stereocenters. The normalized spacial score (nSPS) is 13.5. The molecule has 0 spiro atoms. The van der Waals surface area contributed by atoms with Crippen LogP contribution in [0, 0.1) is 0 Å². The van der Waals surface area contributed by atoms with Gasteiger partial charge in [0.1, 0.15) is 0 Å². The maximum Gasteiger partial charge on any atom is 0.176 e. The van der Waals surface area contributed by atoms with Crippen LogP contribution >= 0.6 is 0 Å². The van der Waals surface area contributed by atoms with Gasteiger partial charge in [0, 0.05) is 5.56 Å². The van der Waals surface area contributed by atoms with E-state index in [1.165, 1.54) is 11.1 Å². The second kappa shape index (κ2) is 7.54. The first-order valence-electron chi connectivity index (χ1n) is 9.47. The van der Waals surface area contributed by atoms with Crippen molar-refractivity contribution in [3.05, 3.63) is 95.6 Å². The van der Waals surface area contributed by atoms with Crippen molar-refractivity contribution in [2.24, 2.45) is 5.10 Å². The fourth-order valence-electron chi connectivity index (χ4n) is 3.18. The van der Waals surface area contributed by atoms with Crippen molar-refractivity contribution >= 4 is 17.2 Å². The highest BCUT2D eigenvalue weighted by molar-refractivity contribution is 6.02. The van der Waals surface area contributed by atoms with Crippen molar-refractivity contribution in [2.45, 2.75) is 26.7 Å². The van der Waals surface area contributed by atoms with Gasteiger partial charge in [-0.2, -0.15) is 10.2 Å². The second-order valence-electron chi connectivity index (χ2n) is 6.57. The number of nitrogens with one attached hydrogen (secondary N) is 1. The Hall–Kier alpha value is -3.27. The molecule has 0 fully saturated rings. The SMILES string of the molecule is CCc1cccc(N2N=C(c3ccccc3)NN2c2cccc(CC)c2)c1. The van der Waals surface area contributed by atoms with E-state index in [1.807, 2.05) is 28.4 Å². The van der Waals surface area contributed by atoms with E-state index >= 15 is 0 Å². The molecule has 4 nitrogen and oxygen atoms in total. The van der Waals surface area contributed by atoms with E-state index in [-0.39, 0.29) is 0 Å². The van der Waals surface area contributed by atoms with E-state index < -0.39 is 0 Å². The summed E-state index contributed by atoms with van der Waals surface area (Å²) in [7, 11) is 0. The third kappa shape index (κ3) is 3.51. The number of amidine groups is 1.